The zero-order chi connectivity index (χ0) is 14.5. The van der Waals surface area contributed by atoms with Crippen LogP contribution in [0.4, 0.5) is 0 Å². The molecular formula is C14H24N6. The van der Waals surface area contributed by atoms with Crippen molar-refractivity contribution in [1.29, 1.82) is 0 Å². The highest BCUT2D eigenvalue weighted by Crippen LogP contribution is 2.26. The Bertz CT molecular complexity index is 436. The second kappa shape index (κ2) is 6.67. The molecule has 2 aromatic heterocycles. The largest absolute Gasteiger partial charge is 0.347 e. The van der Waals surface area contributed by atoms with Crippen LogP contribution in [0.1, 0.15) is 37.6 Å². The van der Waals surface area contributed by atoms with Gasteiger partial charge in [-0.15, -0.1) is 0 Å². The molecule has 6 heteroatoms. The van der Waals surface area contributed by atoms with Crippen molar-refractivity contribution in [2.45, 2.75) is 25.9 Å². The second-order valence-electron chi connectivity index (χ2n) is 5.34. The lowest BCUT2D eigenvalue weighted by Crippen LogP contribution is -2.36. The molecule has 2 unspecified atom stereocenters. The lowest BCUT2D eigenvalue weighted by molar-refractivity contribution is 0.131. The van der Waals surface area contributed by atoms with Gasteiger partial charge in [-0.25, -0.2) is 9.97 Å². The molecule has 6 nitrogen and oxygen atoms in total. The fraction of sp³-hybridized carbons (Fsp3) is 0.571. The number of likely N-dealkylation sites (N-methyl/N-ethyl adjacent to an activating group) is 1. The Balaban J connectivity index is 2.15. The topological polar surface area (TPSA) is 63.8 Å². The molecule has 0 saturated carbocycles. The Hall–Kier alpha value is -1.66. The summed E-state index contributed by atoms with van der Waals surface area (Å²) < 4.78 is 0. The summed E-state index contributed by atoms with van der Waals surface area (Å²) in [5, 5.41) is 0. The van der Waals surface area contributed by atoms with Crippen molar-refractivity contribution in [2.75, 3.05) is 27.2 Å². The van der Waals surface area contributed by atoms with Gasteiger partial charge in [0, 0.05) is 37.9 Å². The van der Waals surface area contributed by atoms with Gasteiger partial charge >= 0.3 is 0 Å². The van der Waals surface area contributed by atoms with Crippen LogP contribution in [-0.4, -0.2) is 56.9 Å². The van der Waals surface area contributed by atoms with E-state index >= 15 is 0 Å². The molecule has 0 aliphatic rings. The maximum Gasteiger partial charge on any atom is 0.123 e. The number of aromatic amines is 2. The van der Waals surface area contributed by atoms with E-state index in [1.807, 2.05) is 12.4 Å². The lowest BCUT2D eigenvalue weighted by Gasteiger charge is -2.33. The number of rotatable bonds is 7. The van der Waals surface area contributed by atoms with Gasteiger partial charge in [-0.3, -0.25) is 4.90 Å². The molecule has 0 aromatic carbocycles. The first-order valence-corrected chi connectivity index (χ1v) is 6.98. The van der Waals surface area contributed by atoms with Gasteiger partial charge in [0.15, 0.2) is 0 Å². The predicted octanol–water partition coefficient (Wildman–Crippen LogP) is 1.82. The number of aromatic nitrogens is 4. The molecule has 110 valence electrons. The van der Waals surface area contributed by atoms with E-state index in [4.69, 9.17) is 0 Å². The lowest BCUT2D eigenvalue weighted by atomic mass is 10.1. The van der Waals surface area contributed by atoms with Gasteiger partial charge in [0.2, 0.25) is 0 Å². The van der Waals surface area contributed by atoms with Gasteiger partial charge < -0.3 is 14.9 Å². The average molecular weight is 276 g/mol. The van der Waals surface area contributed by atoms with E-state index < -0.39 is 0 Å². The molecule has 0 radical (unpaired) electrons. The molecule has 2 atom stereocenters. The van der Waals surface area contributed by atoms with Gasteiger partial charge in [0.1, 0.15) is 11.6 Å². The van der Waals surface area contributed by atoms with Gasteiger partial charge in [0.25, 0.3) is 0 Å². The monoisotopic (exact) mass is 276 g/mol. The maximum absolute atomic E-state index is 4.39. The Morgan fingerprint density at radius 1 is 0.950 bits per heavy atom. The molecule has 2 rings (SSSR count). The normalized spacial score (nSPS) is 14.9. The van der Waals surface area contributed by atoms with Crippen LogP contribution in [0.3, 0.4) is 0 Å². The Morgan fingerprint density at radius 2 is 1.45 bits per heavy atom. The van der Waals surface area contributed by atoms with Gasteiger partial charge in [-0.2, -0.15) is 0 Å². The van der Waals surface area contributed by atoms with Crippen LogP contribution in [0.15, 0.2) is 24.8 Å². The summed E-state index contributed by atoms with van der Waals surface area (Å²) in [6.45, 7) is 6.30. The number of H-pyrrole nitrogens is 2. The third-order valence-corrected chi connectivity index (χ3v) is 3.63. The molecule has 0 amide bonds. The van der Waals surface area contributed by atoms with E-state index in [9.17, 15) is 0 Å². The van der Waals surface area contributed by atoms with Crippen LogP contribution < -0.4 is 0 Å². The number of nitrogens with one attached hydrogen (secondary N) is 2. The fourth-order valence-corrected chi connectivity index (χ4v) is 2.36. The minimum absolute atomic E-state index is 0.213. The summed E-state index contributed by atoms with van der Waals surface area (Å²) in [7, 11) is 4.18. The van der Waals surface area contributed by atoms with Gasteiger partial charge in [0.05, 0.1) is 12.1 Å². The molecule has 20 heavy (non-hydrogen) atoms. The van der Waals surface area contributed by atoms with Crippen LogP contribution >= 0.6 is 0 Å². The highest BCUT2D eigenvalue weighted by atomic mass is 15.2. The van der Waals surface area contributed by atoms with Crippen LogP contribution in [0.25, 0.3) is 0 Å². The zero-order valence-corrected chi connectivity index (χ0v) is 12.7. The first kappa shape index (κ1) is 14.7. The van der Waals surface area contributed by atoms with Gasteiger partial charge in [-0.05, 0) is 27.9 Å². The minimum atomic E-state index is 0.213. The van der Waals surface area contributed by atoms with Crippen molar-refractivity contribution < 1.29 is 0 Å². The SMILES string of the molecule is CC(c1ncc[nH]1)N(CCN(C)C)C(C)c1ncc[nH]1. The van der Waals surface area contributed by atoms with E-state index in [0.29, 0.717) is 0 Å². The Labute approximate surface area is 120 Å². The summed E-state index contributed by atoms with van der Waals surface area (Å²) in [5.41, 5.74) is 0. The minimum Gasteiger partial charge on any atom is -0.347 e. The Kier molecular flexibility index (Phi) is 4.92. The molecule has 0 saturated heterocycles. The highest BCUT2D eigenvalue weighted by molar-refractivity contribution is 5.01. The standard InChI is InChI=1S/C14H24N6/c1-11(13-15-5-6-16-13)20(10-9-19(3)4)12(2)14-17-7-8-18-14/h5-8,11-12H,9-10H2,1-4H3,(H,15,16)(H,17,18). The predicted molar refractivity (Wildman–Crippen MR) is 79.3 cm³/mol. The second-order valence-corrected chi connectivity index (χ2v) is 5.34. The highest BCUT2D eigenvalue weighted by Gasteiger charge is 2.25. The van der Waals surface area contributed by atoms with Gasteiger partial charge in [-0.1, -0.05) is 0 Å². The smallest absolute Gasteiger partial charge is 0.123 e. The molecule has 0 spiro atoms. The van der Waals surface area contributed by atoms with Crippen molar-refractivity contribution >= 4 is 0 Å². The van der Waals surface area contributed by atoms with Crippen LogP contribution in [0.2, 0.25) is 0 Å². The van der Waals surface area contributed by atoms with Crippen molar-refractivity contribution in [3.8, 4) is 0 Å². The average Bonchev–Trinajstić information content (AvgIpc) is 3.11. The number of nitrogens with zero attached hydrogens (tertiary/aromatic N) is 4. The number of hydrogen-bond donors (Lipinski definition) is 2. The van der Waals surface area contributed by atoms with Crippen LogP contribution in [0, 0.1) is 0 Å². The first-order valence-electron chi connectivity index (χ1n) is 6.98. The van der Waals surface area contributed by atoms with Crippen LogP contribution in [-0.2, 0) is 0 Å². The molecule has 2 aromatic rings. The quantitative estimate of drug-likeness (QED) is 0.809. The molecule has 0 bridgehead atoms. The van der Waals surface area contributed by atoms with Crippen molar-refractivity contribution in [3.05, 3.63) is 36.4 Å². The third kappa shape index (κ3) is 3.46. The van der Waals surface area contributed by atoms with E-state index in [2.05, 4.69) is 57.7 Å². The van der Waals surface area contributed by atoms with Crippen LogP contribution in [0.5, 0.6) is 0 Å². The molecular weight excluding hydrogens is 252 g/mol. The number of imidazole rings is 2. The van der Waals surface area contributed by atoms with E-state index in [1.54, 1.807) is 12.4 Å². The third-order valence-electron chi connectivity index (χ3n) is 3.63. The maximum atomic E-state index is 4.39. The summed E-state index contributed by atoms with van der Waals surface area (Å²) in [6, 6.07) is 0.426. The van der Waals surface area contributed by atoms with Crippen molar-refractivity contribution in [2.24, 2.45) is 0 Å². The van der Waals surface area contributed by atoms with E-state index in [0.717, 1.165) is 24.7 Å². The summed E-state index contributed by atoms with van der Waals surface area (Å²) in [4.78, 5) is 19.8. The number of hydrogen-bond acceptors (Lipinski definition) is 4. The van der Waals surface area contributed by atoms with Crippen molar-refractivity contribution in [1.82, 2.24) is 29.7 Å². The molecule has 2 N–H and O–H groups in total. The van der Waals surface area contributed by atoms with E-state index in [1.165, 1.54) is 0 Å². The first-order chi connectivity index (χ1) is 9.59. The van der Waals surface area contributed by atoms with E-state index in [-0.39, 0.29) is 12.1 Å². The fourth-order valence-electron chi connectivity index (χ4n) is 2.36. The zero-order valence-electron chi connectivity index (χ0n) is 12.7. The Morgan fingerprint density at radius 3 is 1.80 bits per heavy atom. The summed E-state index contributed by atoms with van der Waals surface area (Å²) in [6.07, 6.45) is 7.34. The summed E-state index contributed by atoms with van der Waals surface area (Å²) >= 11 is 0. The summed E-state index contributed by atoms with van der Waals surface area (Å²) in [5.74, 6) is 1.98. The molecule has 0 fully saturated rings. The van der Waals surface area contributed by atoms with Crippen molar-refractivity contribution in [3.63, 3.8) is 0 Å². The molecule has 0 aliphatic carbocycles. The molecule has 2 heterocycles. The molecule has 0 aliphatic heterocycles.